The molecule has 19 heavy (non-hydrogen) atoms. The lowest BCUT2D eigenvalue weighted by atomic mass is 10.2. The molecule has 2 rings (SSSR count). The third-order valence-corrected chi connectivity index (χ3v) is 4.13. The van der Waals surface area contributed by atoms with Gasteiger partial charge in [-0.1, -0.05) is 27.5 Å². The Kier molecular flexibility index (Phi) is 4.48. The molecule has 2 aromatic rings. The second-order valence-electron chi connectivity index (χ2n) is 4.07. The number of rotatable bonds is 3. The van der Waals surface area contributed by atoms with E-state index in [1.165, 1.54) is 6.92 Å². The van der Waals surface area contributed by atoms with E-state index in [9.17, 15) is 4.79 Å². The highest BCUT2D eigenvalue weighted by Crippen LogP contribution is 2.38. The molecule has 3 nitrogen and oxygen atoms in total. The molecule has 0 amide bonds. The van der Waals surface area contributed by atoms with Crippen molar-refractivity contribution in [2.24, 2.45) is 0 Å². The molecule has 6 heteroatoms. The Balaban J connectivity index is 2.64. The van der Waals surface area contributed by atoms with Crippen LogP contribution in [-0.2, 0) is 4.79 Å². The molecule has 0 radical (unpaired) electrons. The highest BCUT2D eigenvalue weighted by Gasteiger charge is 2.17. The predicted molar refractivity (Wildman–Crippen MR) is 82.9 cm³/mol. The van der Waals surface area contributed by atoms with Crippen molar-refractivity contribution >= 4 is 60.1 Å². The van der Waals surface area contributed by atoms with E-state index in [1.807, 2.05) is 12.1 Å². The number of ketones is 1. The van der Waals surface area contributed by atoms with Gasteiger partial charge in [0.25, 0.3) is 0 Å². The fourth-order valence-corrected chi connectivity index (χ4v) is 3.05. The number of hydrogen-bond acceptors (Lipinski definition) is 3. The van der Waals surface area contributed by atoms with Crippen LogP contribution in [0.5, 0.6) is 5.75 Å². The summed E-state index contributed by atoms with van der Waals surface area (Å²) in [5.74, 6) is 0.466. The Labute approximate surface area is 132 Å². The van der Waals surface area contributed by atoms with Gasteiger partial charge in [0, 0.05) is 9.86 Å². The molecule has 1 aromatic heterocycles. The molecule has 1 heterocycles. The molecule has 0 bridgehead atoms. The average molecular weight is 407 g/mol. The lowest BCUT2D eigenvalue weighted by Gasteiger charge is -2.15. The third-order valence-electron chi connectivity index (χ3n) is 2.67. The van der Waals surface area contributed by atoms with Gasteiger partial charge in [-0.05, 0) is 48.0 Å². The van der Waals surface area contributed by atoms with Crippen molar-refractivity contribution < 1.29 is 9.53 Å². The molecule has 0 spiro atoms. The summed E-state index contributed by atoms with van der Waals surface area (Å²) in [5.41, 5.74) is 0.613. The van der Waals surface area contributed by atoms with Crippen LogP contribution in [0, 0.1) is 0 Å². The van der Waals surface area contributed by atoms with Crippen molar-refractivity contribution in [1.82, 2.24) is 4.98 Å². The second kappa shape index (κ2) is 5.77. The van der Waals surface area contributed by atoms with Gasteiger partial charge in [0.2, 0.25) is 0 Å². The van der Waals surface area contributed by atoms with Gasteiger partial charge in [0.1, 0.15) is 10.7 Å². The van der Waals surface area contributed by atoms with Crippen LogP contribution in [0.1, 0.15) is 13.8 Å². The first-order valence-electron chi connectivity index (χ1n) is 5.51. The van der Waals surface area contributed by atoms with Crippen LogP contribution in [0.4, 0.5) is 0 Å². The van der Waals surface area contributed by atoms with Crippen molar-refractivity contribution in [2.45, 2.75) is 20.0 Å². The smallest absolute Gasteiger partial charge is 0.169 e. The quantitative estimate of drug-likeness (QED) is 0.688. The van der Waals surface area contributed by atoms with Crippen molar-refractivity contribution in [2.75, 3.05) is 0 Å². The summed E-state index contributed by atoms with van der Waals surface area (Å²) >= 11 is 12.8. The zero-order valence-electron chi connectivity index (χ0n) is 10.2. The molecule has 1 atom stereocenters. The second-order valence-corrected chi connectivity index (χ2v) is 6.17. The van der Waals surface area contributed by atoms with Gasteiger partial charge < -0.3 is 4.74 Å². The number of hydrogen-bond donors (Lipinski definition) is 0. The van der Waals surface area contributed by atoms with Gasteiger partial charge in [-0.3, -0.25) is 4.79 Å². The van der Waals surface area contributed by atoms with Crippen molar-refractivity contribution in [3.63, 3.8) is 0 Å². The number of carbonyl (C=O) groups excluding carboxylic acids is 1. The van der Waals surface area contributed by atoms with E-state index in [-0.39, 0.29) is 5.78 Å². The van der Waals surface area contributed by atoms with E-state index >= 15 is 0 Å². The molecule has 0 fully saturated rings. The van der Waals surface area contributed by atoms with Crippen molar-refractivity contribution in [1.29, 1.82) is 0 Å². The SMILES string of the molecule is CC(=O)C(C)Oc1c(Br)cc(Br)c2ccc(Cl)nc12. The number of pyridine rings is 1. The number of ether oxygens (including phenoxy) is 1. The zero-order chi connectivity index (χ0) is 14.2. The molecule has 0 saturated carbocycles. The molecule has 0 aliphatic rings. The highest BCUT2D eigenvalue weighted by molar-refractivity contribution is 9.11. The number of halogens is 3. The normalized spacial score (nSPS) is 12.5. The Morgan fingerprint density at radius 3 is 2.68 bits per heavy atom. The lowest BCUT2D eigenvalue weighted by Crippen LogP contribution is -2.21. The van der Waals surface area contributed by atoms with Gasteiger partial charge in [-0.25, -0.2) is 4.98 Å². The number of aromatic nitrogens is 1. The minimum absolute atomic E-state index is 0.0509. The number of Topliss-reactive ketones (excluding diaryl/α,β-unsaturated/α-hetero) is 1. The molecular weight excluding hydrogens is 397 g/mol. The Bertz CT molecular complexity index is 661. The number of fused-ring (bicyclic) bond motifs is 1. The number of carbonyl (C=O) groups is 1. The Morgan fingerprint density at radius 1 is 1.37 bits per heavy atom. The largest absolute Gasteiger partial charge is 0.479 e. The molecule has 100 valence electrons. The van der Waals surface area contributed by atoms with Gasteiger partial charge in [-0.2, -0.15) is 0 Å². The van der Waals surface area contributed by atoms with Gasteiger partial charge in [-0.15, -0.1) is 0 Å². The van der Waals surface area contributed by atoms with Gasteiger partial charge in [0.15, 0.2) is 17.6 Å². The monoisotopic (exact) mass is 405 g/mol. The van der Waals surface area contributed by atoms with Crippen LogP contribution in [0.3, 0.4) is 0 Å². The summed E-state index contributed by atoms with van der Waals surface area (Å²) in [5, 5.41) is 1.25. The van der Waals surface area contributed by atoms with E-state index in [1.54, 1.807) is 13.0 Å². The molecule has 0 aliphatic heterocycles. The third kappa shape index (κ3) is 3.09. The van der Waals surface area contributed by atoms with Gasteiger partial charge in [0.05, 0.1) is 4.47 Å². The van der Waals surface area contributed by atoms with Crippen LogP contribution >= 0.6 is 43.5 Å². The maximum atomic E-state index is 11.3. The molecule has 1 aromatic carbocycles. The summed E-state index contributed by atoms with van der Waals surface area (Å²) in [6.45, 7) is 3.19. The van der Waals surface area contributed by atoms with Crippen molar-refractivity contribution in [3.8, 4) is 5.75 Å². The van der Waals surface area contributed by atoms with Crippen LogP contribution in [0.2, 0.25) is 5.15 Å². The van der Waals surface area contributed by atoms with E-state index in [0.717, 1.165) is 14.3 Å². The fraction of sp³-hybridized carbons (Fsp3) is 0.231. The van der Waals surface area contributed by atoms with E-state index in [2.05, 4.69) is 36.8 Å². The topological polar surface area (TPSA) is 39.2 Å². The van der Waals surface area contributed by atoms with E-state index in [4.69, 9.17) is 16.3 Å². The summed E-state index contributed by atoms with van der Waals surface area (Å²) in [7, 11) is 0. The minimum Gasteiger partial charge on any atom is -0.479 e. The summed E-state index contributed by atoms with van der Waals surface area (Å²) < 4.78 is 7.29. The molecule has 0 saturated heterocycles. The van der Waals surface area contributed by atoms with Crippen LogP contribution in [-0.4, -0.2) is 16.9 Å². The van der Waals surface area contributed by atoms with E-state index < -0.39 is 6.10 Å². The van der Waals surface area contributed by atoms with Crippen LogP contribution in [0.25, 0.3) is 10.9 Å². The molecule has 0 aliphatic carbocycles. The zero-order valence-corrected chi connectivity index (χ0v) is 14.1. The van der Waals surface area contributed by atoms with Gasteiger partial charge >= 0.3 is 0 Å². The summed E-state index contributed by atoms with van der Waals surface area (Å²) in [6, 6.07) is 5.42. The predicted octanol–water partition coefficient (Wildman–Crippen LogP) is 4.77. The maximum Gasteiger partial charge on any atom is 0.169 e. The first-order valence-corrected chi connectivity index (χ1v) is 7.48. The molecule has 1 unspecified atom stereocenters. The first-order chi connectivity index (χ1) is 8.90. The van der Waals surface area contributed by atoms with Crippen LogP contribution in [0.15, 0.2) is 27.1 Å². The Hall–Kier alpha value is -0.650. The summed E-state index contributed by atoms with van der Waals surface area (Å²) in [4.78, 5) is 15.6. The van der Waals surface area contributed by atoms with Crippen LogP contribution < -0.4 is 4.74 Å². The van der Waals surface area contributed by atoms with Crippen molar-refractivity contribution in [3.05, 3.63) is 32.3 Å². The maximum absolute atomic E-state index is 11.3. The minimum atomic E-state index is -0.540. The Morgan fingerprint density at radius 2 is 2.05 bits per heavy atom. The first kappa shape index (κ1) is 14.8. The molecule has 0 N–H and O–H groups in total. The van der Waals surface area contributed by atoms with E-state index in [0.29, 0.717) is 16.4 Å². The standard InChI is InChI=1S/C13H10Br2ClNO2/c1-6(18)7(2)19-13-10(15)5-9(14)8-3-4-11(16)17-12(8)13/h3-5,7H,1-2H3. The molecular formula is C13H10Br2ClNO2. The average Bonchev–Trinajstić information content (AvgIpc) is 2.33. The lowest BCUT2D eigenvalue weighted by molar-refractivity contribution is -0.122. The number of benzene rings is 1. The summed E-state index contributed by atoms with van der Waals surface area (Å²) in [6.07, 6.45) is -0.540. The number of nitrogens with zero attached hydrogens (tertiary/aromatic N) is 1. The highest BCUT2D eigenvalue weighted by atomic mass is 79.9. The fourth-order valence-electron chi connectivity index (χ4n) is 1.54.